The predicted octanol–water partition coefficient (Wildman–Crippen LogP) is 2.67. The van der Waals surface area contributed by atoms with Crippen molar-refractivity contribution in [2.75, 3.05) is 13.6 Å². The first-order valence-corrected chi connectivity index (χ1v) is 7.40. The highest BCUT2D eigenvalue weighted by Crippen LogP contribution is 2.29. The summed E-state index contributed by atoms with van der Waals surface area (Å²) in [5.41, 5.74) is 0.969. The summed E-state index contributed by atoms with van der Waals surface area (Å²) in [6, 6.07) is 5.62. The molecule has 0 bridgehead atoms. The lowest BCUT2D eigenvalue weighted by atomic mass is 10.1. The highest BCUT2D eigenvalue weighted by Gasteiger charge is 2.24. The molecule has 0 spiro atoms. The molecule has 1 aromatic rings. The van der Waals surface area contributed by atoms with E-state index in [-0.39, 0.29) is 11.9 Å². The lowest BCUT2D eigenvalue weighted by molar-refractivity contribution is -0.127. The van der Waals surface area contributed by atoms with Crippen LogP contribution in [0.5, 0.6) is 5.75 Å². The first-order valence-electron chi connectivity index (χ1n) is 7.03. The van der Waals surface area contributed by atoms with Gasteiger partial charge in [-0.15, -0.1) is 0 Å². The number of amides is 1. The third-order valence-corrected chi connectivity index (χ3v) is 3.86. The minimum absolute atomic E-state index is 0.0273. The standard InChI is InChI=1S/C15H21ClN2O2/c1-10(17-2)12-9-11(16)6-7-13(12)20-14-5-3-4-8-18-15(14)19/h6-7,9-10,14,17H,3-5,8H2,1-2H3,(H,18,19). The fourth-order valence-corrected chi connectivity index (χ4v) is 2.48. The molecule has 1 aliphatic heterocycles. The average Bonchev–Trinajstić information content (AvgIpc) is 2.65. The summed E-state index contributed by atoms with van der Waals surface area (Å²) < 4.78 is 5.95. The maximum atomic E-state index is 12.0. The molecule has 20 heavy (non-hydrogen) atoms. The van der Waals surface area contributed by atoms with E-state index in [2.05, 4.69) is 10.6 Å². The van der Waals surface area contributed by atoms with Crippen LogP contribution in [0, 0.1) is 0 Å². The lowest BCUT2D eigenvalue weighted by Gasteiger charge is -2.21. The van der Waals surface area contributed by atoms with Gasteiger partial charge in [0.1, 0.15) is 5.75 Å². The molecule has 2 rings (SSSR count). The van der Waals surface area contributed by atoms with Gasteiger partial charge in [0.25, 0.3) is 5.91 Å². The summed E-state index contributed by atoms with van der Waals surface area (Å²) in [6.45, 7) is 2.77. The lowest BCUT2D eigenvalue weighted by Crippen LogP contribution is -2.36. The van der Waals surface area contributed by atoms with E-state index in [1.807, 2.05) is 26.1 Å². The van der Waals surface area contributed by atoms with Gasteiger partial charge < -0.3 is 15.4 Å². The molecule has 5 heteroatoms. The summed E-state index contributed by atoms with van der Waals surface area (Å²) in [5.74, 6) is 0.693. The third kappa shape index (κ3) is 3.64. The van der Waals surface area contributed by atoms with Crippen molar-refractivity contribution in [1.29, 1.82) is 0 Å². The SMILES string of the molecule is CNC(C)c1cc(Cl)ccc1OC1CCCCNC1=O. The van der Waals surface area contributed by atoms with Crippen LogP contribution in [0.1, 0.15) is 37.8 Å². The van der Waals surface area contributed by atoms with Crippen molar-refractivity contribution in [1.82, 2.24) is 10.6 Å². The Morgan fingerprint density at radius 2 is 2.25 bits per heavy atom. The van der Waals surface area contributed by atoms with Crippen molar-refractivity contribution >= 4 is 17.5 Å². The van der Waals surface area contributed by atoms with Gasteiger partial charge in [0.15, 0.2) is 6.10 Å². The van der Waals surface area contributed by atoms with Crippen LogP contribution in [-0.2, 0) is 4.79 Å². The van der Waals surface area contributed by atoms with Gasteiger partial charge >= 0.3 is 0 Å². The molecule has 0 radical (unpaired) electrons. The van der Waals surface area contributed by atoms with Crippen molar-refractivity contribution < 1.29 is 9.53 Å². The normalized spacial score (nSPS) is 20.9. The molecule has 1 heterocycles. The Morgan fingerprint density at radius 3 is 3.00 bits per heavy atom. The number of halogens is 1. The number of ether oxygens (including phenoxy) is 1. The maximum Gasteiger partial charge on any atom is 0.261 e. The van der Waals surface area contributed by atoms with E-state index < -0.39 is 6.10 Å². The second-order valence-electron chi connectivity index (χ2n) is 5.09. The first kappa shape index (κ1) is 15.1. The molecule has 2 atom stereocenters. The van der Waals surface area contributed by atoms with E-state index >= 15 is 0 Å². The fourth-order valence-electron chi connectivity index (χ4n) is 2.30. The molecule has 4 nitrogen and oxygen atoms in total. The second kappa shape index (κ2) is 6.95. The third-order valence-electron chi connectivity index (χ3n) is 3.63. The van der Waals surface area contributed by atoms with Crippen LogP contribution in [0.25, 0.3) is 0 Å². The molecule has 1 aromatic carbocycles. The van der Waals surface area contributed by atoms with Crippen LogP contribution in [0.15, 0.2) is 18.2 Å². The van der Waals surface area contributed by atoms with Crippen LogP contribution in [0.3, 0.4) is 0 Å². The van der Waals surface area contributed by atoms with Crippen molar-refractivity contribution in [3.63, 3.8) is 0 Å². The number of carbonyl (C=O) groups excluding carboxylic acids is 1. The van der Waals surface area contributed by atoms with Crippen LogP contribution in [0.2, 0.25) is 5.02 Å². The zero-order valence-electron chi connectivity index (χ0n) is 11.9. The minimum Gasteiger partial charge on any atom is -0.480 e. The fraction of sp³-hybridized carbons (Fsp3) is 0.533. The van der Waals surface area contributed by atoms with Gasteiger partial charge in [-0.3, -0.25) is 4.79 Å². The zero-order chi connectivity index (χ0) is 14.5. The topological polar surface area (TPSA) is 50.4 Å². The summed E-state index contributed by atoms with van der Waals surface area (Å²) in [4.78, 5) is 12.0. The van der Waals surface area contributed by atoms with Crippen LogP contribution >= 0.6 is 11.6 Å². The van der Waals surface area contributed by atoms with Gasteiger partial charge in [-0.1, -0.05) is 11.6 Å². The number of benzene rings is 1. The number of carbonyl (C=O) groups is 1. The van der Waals surface area contributed by atoms with Crippen molar-refractivity contribution in [2.45, 2.75) is 38.3 Å². The van der Waals surface area contributed by atoms with E-state index in [4.69, 9.17) is 16.3 Å². The van der Waals surface area contributed by atoms with Gasteiger partial charge in [0.2, 0.25) is 0 Å². The van der Waals surface area contributed by atoms with Crippen LogP contribution in [0.4, 0.5) is 0 Å². The molecule has 1 amide bonds. The molecule has 0 aromatic heterocycles. The Labute approximate surface area is 124 Å². The van der Waals surface area contributed by atoms with Crippen molar-refractivity contribution in [3.05, 3.63) is 28.8 Å². The van der Waals surface area contributed by atoms with Gasteiger partial charge in [-0.05, 0) is 51.4 Å². The van der Waals surface area contributed by atoms with Crippen LogP contribution < -0.4 is 15.4 Å². The molecule has 2 N–H and O–H groups in total. The monoisotopic (exact) mass is 296 g/mol. The summed E-state index contributed by atoms with van der Waals surface area (Å²) in [6.07, 6.45) is 2.34. The molecular weight excluding hydrogens is 276 g/mol. The Kier molecular flexibility index (Phi) is 5.26. The molecular formula is C15H21ClN2O2. The zero-order valence-corrected chi connectivity index (χ0v) is 12.7. The van der Waals surface area contributed by atoms with E-state index in [1.54, 1.807) is 6.07 Å². The Hall–Kier alpha value is -1.26. The van der Waals surface area contributed by atoms with Gasteiger partial charge in [0.05, 0.1) is 0 Å². The molecule has 1 saturated heterocycles. The summed E-state index contributed by atoms with van der Waals surface area (Å²) >= 11 is 6.05. The highest BCUT2D eigenvalue weighted by atomic mass is 35.5. The Bertz CT molecular complexity index is 479. The first-order chi connectivity index (χ1) is 9.61. The number of hydrogen-bond acceptors (Lipinski definition) is 3. The van der Waals surface area contributed by atoms with Crippen molar-refractivity contribution in [3.8, 4) is 5.75 Å². The molecule has 1 fully saturated rings. The second-order valence-corrected chi connectivity index (χ2v) is 5.52. The number of rotatable bonds is 4. The molecule has 0 aliphatic carbocycles. The predicted molar refractivity (Wildman–Crippen MR) is 80.2 cm³/mol. The molecule has 2 unspecified atom stereocenters. The van der Waals surface area contributed by atoms with Crippen molar-refractivity contribution in [2.24, 2.45) is 0 Å². The van der Waals surface area contributed by atoms with Gasteiger partial charge in [-0.2, -0.15) is 0 Å². The summed E-state index contributed by atoms with van der Waals surface area (Å²) in [7, 11) is 1.88. The Balaban J connectivity index is 2.21. The van der Waals surface area contributed by atoms with Gasteiger partial charge in [-0.25, -0.2) is 0 Å². The quantitative estimate of drug-likeness (QED) is 0.898. The highest BCUT2D eigenvalue weighted by molar-refractivity contribution is 6.30. The van der Waals surface area contributed by atoms with E-state index in [0.29, 0.717) is 5.02 Å². The Morgan fingerprint density at radius 1 is 1.45 bits per heavy atom. The van der Waals surface area contributed by atoms with E-state index in [0.717, 1.165) is 37.1 Å². The molecule has 110 valence electrons. The summed E-state index contributed by atoms with van der Waals surface area (Å²) in [5, 5.41) is 6.72. The minimum atomic E-state index is -0.415. The number of hydrogen-bond donors (Lipinski definition) is 2. The molecule has 1 aliphatic rings. The largest absolute Gasteiger partial charge is 0.480 e. The maximum absolute atomic E-state index is 12.0. The van der Waals surface area contributed by atoms with E-state index in [1.165, 1.54) is 0 Å². The van der Waals surface area contributed by atoms with E-state index in [9.17, 15) is 4.79 Å². The number of nitrogens with one attached hydrogen (secondary N) is 2. The van der Waals surface area contributed by atoms with Crippen LogP contribution in [-0.4, -0.2) is 25.6 Å². The smallest absolute Gasteiger partial charge is 0.261 e. The van der Waals surface area contributed by atoms with Gasteiger partial charge in [0, 0.05) is 23.2 Å². The average molecular weight is 297 g/mol. The molecule has 0 saturated carbocycles.